The fraction of sp³-hybridized carbons (Fsp3) is 0.318. The molecule has 0 aromatic heterocycles. The fourth-order valence-corrected chi connectivity index (χ4v) is 2.33. The Labute approximate surface area is 161 Å². The van der Waals surface area contributed by atoms with Gasteiger partial charge < -0.3 is 10.4 Å². The predicted octanol–water partition coefficient (Wildman–Crippen LogP) is 4.94. The van der Waals surface area contributed by atoms with E-state index < -0.39 is 5.79 Å². The molecule has 0 aliphatic heterocycles. The Kier molecular flexibility index (Phi) is 7.73. The molecule has 0 fully saturated rings. The van der Waals surface area contributed by atoms with Crippen LogP contribution >= 0.6 is 0 Å². The first-order valence-corrected chi connectivity index (χ1v) is 8.80. The Morgan fingerprint density at radius 1 is 1.33 bits per heavy atom. The van der Waals surface area contributed by atoms with Crippen molar-refractivity contribution in [1.29, 1.82) is 0 Å². The second-order valence-corrected chi connectivity index (χ2v) is 6.76. The molecule has 27 heavy (non-hydrogen) atoms. The number of phenolic OH excluding ortho intramolecular Hbond substituents is 1. The van der Waals surface area contributed by atoms with Crippen LogP contribution in [0.1, 0.15) is 45.2 Å². The van der Waals surface area contributed by atoms with E-state index in [9.17, 15) is 9.50 Å². The van der Waals surface area contributed by atoms with E-state index in [2.05, 4.69) is 30.0 Å². The van der Waals surface area contributed by atoms with E-state index in [4.69, 9.17) is 5.73 Å². The van der Waals surface area contributed by atoms with Gasteiger partial charge >= 0.3 is 0 Å². The molecular weight excluding hydrogens is 341 g/mol. The van der Waals surface area contributed by atoms with E-state index in [1.165, 1.54) is 13.8 Å². The zero-order valence-corrected chi connectivity index (χ0v) is 16.6. The van der Waals surface area contributed by atoms with Gasteiger partial charge in [-0.2, -0.15) is 0 Å². The van der Waals surface area contributed by atoms with Crippen molar-refractivity contribution in [3.8, 4) is 5.75 Å². The van der Waals surface area contributed by atoms with Crippen molar-refractivity contribution in [2.75, 3.05) is 0 Å². The van der Waals surface area contributed by atoms with E-state index in [1.54, 1.807) is 24.4 Å². The third kappa shape index (κ3) is 6.53. The average molecular weight is 372 g/mol. The molecule has 1 unspecified atom stereocenters. The Balaban J connectivity index is 3.11. The molecule has 1 rings (SSSR count). The van der Waals surface area contributed by atoms with Crippen LogP contribution in [-0.4, -0.2) is 22.7 Å². The second-order valence-electron chi connectivity index (χ2n) is 6.76. The minimum absolute atomic E-state index is 0.134. The third-order valence-corrected chi connectivity index (χ3v) is 4.27. The van der Waals surface area contributed by atoms with Crippen LogP contribution in [0.4, 0.5) is 4.39 Å². The standard InChI is InChI=1S/C22H30FN3O/c1-8-17(13-25-16(6)22(7,23)24)21(9-2)26-15(5)19-10-18(14(3)4)11-20(27)12-19/h8,10-13,21,26-27H,1,3,5,9,24H2,2,4,6-7H3/b17-13+,25-16+/t21-,22?/m1/s1. The molecule has 0 spiro atoms. The first kappa shape index (κ1) is 22.4. The highest BCUT2D eigenvalue weighted by Gasteiger charge is 2.20. The van der Waals surface area contributed by atoms with Crippen LogP contribution in [-0.2, 0) is 0 Å². The molecule has 0 radical (unpaired) electrons. The van der Waals surface area contributed by atoms with Crippen molar-refractivity contribution in [2.24, 2.45) is 10.7 Å². The summed E-state index contributed by atoms with van der Waals surface area (Å²) in [6.45, 7) is 18.5. The molecule has 5 heteroatoms. The summed E-state index contributed by atoms with van der Waals surface area (Å²) in [5.74, 6) is -1.83. The zero-order valence-electron chi connectivity index (χ0n) is 16.6. The van der Waals surface area contributed by atoms with E-state index in [1.807, 2.05) is 19.9 Å². The molecule has 2 atom stereocenters. The zero-order chi connectivity index (χ0) is 20.8. The number of rotatable bonds is 9. The van der Waals surface area contributed by atoms with Crippen LogP contribution < -0.4 is 11.1 Å². The lowest BCUT2D eigenvalue weighted by molar-refractivity contribution is 0.294. The number of phenols is 1. The second kappa shape index (κ2) is 9.33. The lowest BCUT2D eigenvalue weighted by Crippen LogP contribution is -2.38. The van der Waals surface area contributed by atoms with Crippen molar-refractivity contribution in [1.82, 2.24) is 5.32 Å². The van der Waals surface area contributed by atoms with Crippen molar-refractivity contribution in [2.45, 2.75) is 46.0 Å². The van der Waals surface area contributed by atoms with Gasteiger partial charge in [-0.1, -0.05) is 38.3 Å². The molecule has 0 saturated heterocycles. The fourth-order valence-electron chi connectivity index (χ4n) is 2.33. The van der Waals surface area contributed by atoms with E-state index in [0.29, 0.717) is 5.70 Å². The molecule has 0 saturated carbocycles. The average Bonchev–Trinajstić information content (AvgIpc) is 2.59. The summed E-state index contributed by atoms with van der Waals surface area (Å²) in [7, 11) is 0. The molecule has 146 valence electrons. The molecule has 0 heterocycles. The summed E-state index contributed by atoms with van der Waals surface area (Å²) in [6, 6.07) is 5.07. The van der Waals surface area contributed by atoms with Gasteiger partial charge in [-0.15, -0.1) is 0 Å². The Morgan fingerprint density at radius 2 is 1.93 bits per heavy atom. The SMILES string of the molecule is C=C/C(=C\N=C(/C)C(C)(N)F)[C@@H](CC)NC(=C)c1cc(O)cc(C(=C)C)c1. The summed E-state index contributed by atoms with van der Waals surface area (Å²) in [5, 5.41) is 13.3. The van der Waals surface area contributed by atoms with Gasteiger partial charge in [0.15, 0.2) is 5.79 Å². The van der Waals surface area contributed by atoms with Crippen LogP contribution in [0.25, 0.3) is 11.3 Å². The van der Waals surface area contributed by atoms with Crippen molar-refractivity contribution in [3.63, 3.8) is 0 Å². The van der Waals surface area contributed by atoms with Crippen LogP contribution in [0.5, 0.6) is 5.75 Å². The summed E-state index contributed by atoms with van der Waals surface area (Å²) in [5.41, 5.74) is 9.45. The molecular formula is C22H30FN3O. The first-order valence-electron chi connectivity index (χ1n) is 8.80. The molecule has 0 amide bonds. The smallest absolute Gasteiger partial charge is 0.194 e. The molecule has 0 bridgehead atoms. The number of hydrogen-bond donors (Lipinski definition) is 3. The normalized spacial score (nSPS) is 15.6. The van der Waals surface area contributed by atoms with E-state index >= 15 is 0 Å². The maximum atomic E-state index is 13.7. The number of allylic oxidation sites excluding steroid dienone is 1. The van der Waals surface area contributed by atoms with Crippen LogP contribution in [0.2, 0.25) is 0 Å². The summed E-state index contributed by atoms with van der Waals surface area (Å²) in [4.78, 5) is 4.13. The van der Waals surface area contributed by atoms with Crippen LogP contribution in [0.3, 0.4) is 0 Å². The van der Waals surface area contributed by atoms with Crippen LogP contribution in [0, 0.1) is 0 Å². The molecule has 4 nitrogen and oxygen atoms in total. The lowest BCUT2D eigenvalue weighted by Gasteiger charge is -2.22. The van der Waals surface area contributed by atoms with Gasteiger partial charge in [-0.05, 0) is 56.5 Å². The largest absolute Gasteiger partial charge is 0.508 e. The first-order chi connectivity index (χ1) is 12.5. The minimum atomic E-state index is -1.97. The number of benzene rings is 1. The number of alkyl halides is 1. The summed E-state index contributed by atoms with van der Waals surface area (Å²) < 4.78 is 13.7. The van der Waals surface area contributed by atoms with Crippen molar-refractivity contribution < 1.29 is 9.50 Å². The number of nitrogens with two attached hydrogens (primary N) is 1. The maximum absolute atomic E-state index is 13.7. The molecule has 0 aliphatic rings. The lowest BCUT2D eigenvalue weighted by atomic mass is 10.0. The van der Waals surface area contributed by atoms with Gasteiger partial charge in [0.2, 0.25) is 0 Å². The van der Waals surface area contributed by atoms with Gasteiger partial charge in [0.05, 0.1) is 11.8 Å². The van der Waals surface area contributed by atoms with Gasteiger partial charge in [0.1, 0.15) is 5.75 Å². The Hall–Kier alpha value is -2.66. The van der Waals surface area contributed by atoms with E-state index in [-0.39, 0.29) is 17.5 Å². The van der Waals surface area contributed by atoms with Gasteiger partial charge in [-0.3, -0.25) is 10.7 Å². The number of nitrogens with zero attached hydrogens (tertiary/aromatic N) is 1. The summed E-state index contributed by atoms with van der Waals surface area (Å²) >= 11 is 0. The third-order valence-electron chi connectivity index (χ3n) is 4.27. The quantitative estimate of drug-likeness (QED) is 0.327. The highest BCUT2D eigenvalue weighted by molar-refractivity contribution is 5.89. The van der Waals surface area contributed by atoms with Crippen molar-refractivity contribution in [3.05, 3.63) is 66.9 Å². The predicted molar refractivity (Wildman–Crippen MR) is 114 cm³/mol. The number of halogens is 1. The van der Waals surface area contributed by atoms with Crippen LogP contribution in [0.15, 0.2) is 60.8 Å². The number of aliphatic imine (C=N–C) groups is 1. The number of nitrogens with one attached hydrogen (secondary N) is 1. The van der Waals surface area contributed by atoms with Gasteiger partial charge in [0.25, 0.3) is 0 Å². The highest BCUT2D eigenvalue weighted by Crippen LogP contribution is 2.25. The Morgan fingerprint density at radius 3 is 2.41 bits per heavy atom. The minimum Gasteiger partial charge on any atom is -0.508 e. The van der Waals surface area contributed by atoms with Gasteiger partial charge in [0, 0.05) is 17.5 Å². The number of aromatic hydroxyl groups is 1. The maximum Gasteiger partial charge on any atom is 0.194 e. The Bertz CT molecular complexity index is 785. The molecule has 1 aromatic rings. The number of hydrogen-bond acceptors (Lipinski definition) is 4. The van der Waals surface area contributed by atoms with Gasteiger partial charge in [-0.25, -0.2) is 4.39 Å². The molecule has 0 aliphatic carbocycles. The van der Waals surface area contributed by atoms with Crippen molar-refractivity contribution >= 4 is 17.0 Å². The summed E-state index contributed by atoms with van der Waals surface area (Å²) in [6.07, 6.45) is 3.95. The van der Waals surface area contributed by atoms with E-state index in [0.717, 1.165) is 28.7 Å². The topological polar surface area (TPSA) is 70.6 Å². The monoisotopic (exact) mass is 371 g/mol. The highest BCUT2D eigenvalue weighted by atomic mass is 19.1. The molecule has 1 aromatic carbocycles. The molecule has 4 N–H and O–H groups in total.